The van der Waals surface area contributed by atoms with E-state index in [1.54, 1.807) is 31.2 Å². The van der Waals surface area contributed by atoms with Crippen molar-refractivity contribution in [1.29, 1.82) is 5.26 Å². The molecule has 0 N–H and O–H groups in total. The smallest absolute Gasteiger partial charge is 0.435 e. The maximum Gasteiger partial charge on any atom is 0.510 e. The zero-order chi connectivity index (χ0) is 14.9. The summed E-state index contributed by atoms with van der Waals surface area (Å²) in [4.78, 5) is 25.1. The number of hydrogen-bond donors (Lipinski definition) is 0. The summed E-state index contributed by atoms with van der Waals surface area (Å²) in [6.07, 6.45) is -1.05. The molecule has 0 saturated heterocycles. The quantitative estimate of drug-likeness (QED) is 0.773. The minimum Gasteiger partial charge on any atom is -0.435 e. The maximum atomic E-state index is 12.3. The summed E-state index contributed by atoms with van der Waals surface area (Å²) in [6.45, 7) is 1.70. The van der Waals surface area contributed by atoms with Gasteiger partial charge in [-0.05, 0) is 25.1 Å². The van der Waals surface area contributed by atoms with Gasteiger partial charge in [0.1, 0.15) is 6.07 Å². The van der Waals surface area contributed by atoms with Gasteiger partial charge in [-0.1, -0.05) is 15.9 Å². The molecule has 1 atom stereocenters. The first-order valence-corrected chi connectivity index (χ1v) is 6.60. The third-order valence-electron chi connectivity index (χ3n) is 2.96. The Bertz CT molecular complexity index is 625. The molecule has 1 aliphatic heterocycles. The van der Waals surface area contributed by atoms with Crippen LogP contribution in [-0.2, 0) is 19.9 Å². The van der Waals surface area contributed by atoms with E-state index in [-0.39, 0.29) is 6.61 Å². The lowest BCUT2D eigenvalue weighted by atomic mass is 9.97. The second-order valence-corrected chi connectivity index (χ2v) is 5.02. The van der Waals surface area contributed by atoms with Crippen LogP contribution in [-0.4, -0.2) is 25.7 Å². The number of hydrogen-bond acceptors (Lipinski definition) is 5. The Morgan fingerprint density at radius 1 is 1.55 bits per heavy atom. The number of nitriles is 1. The number of amides is 1. The van der Waals surface area contributed by atoms with Gasteiger partial charge in [0.25, 0.3) is 5.91 Å². The predicted molar refractivity (Wildman–Crippen MR) is 73.0 cm³/mol. The molecule has 1 unspecified atom stereocenters. The van der Waals surface area contributed by atoms with Crippen LogP contribution in [0.15, 0.2) is 22.7 Å². The van der Waals surface area contributed by atoms with E-state index in [1.807, 2.05) is 0 Å². The van der Waals surface area contributed by atoms with E-state index in [0.29, 0.717) is 15.7 Å². The van der Waals surface area contributed by atoms with Crippen LogP contribution in [0.4, 0.5) is 10.5 Å². The molecule has 1 aliphatic rings. The molecule has 1 heterocycles. The van der Waals surface area contributed by atoms with Crippen LogP contribution < -0.4 is 4.90 Å². The van der Waals surface area contributed by atoms with Crippen molar-refractivity contribution >= 4 is 33.7 Å². The minimum absolute atomic E-state index is 0.0930. The van der Waals surface area contributed by atoms with Crippen molar-refractivity contribution in [3.63, 3.8) is 0 Å². The Labute approximate surface area is 124 Å². The molecular weight excluding hydrogens is 328 g/mol. The largest absolute Gasteiger partial charge is 0.510 e. The maximum absolute atomic E-state index is 12.3. The van der Waals surface area contributed by atoms with Gasteiger partial charge in [0.2, 0.25) is 0 Å². The molecular formula is C13H11BrN2O4. The van der Waals surface area contributed by atoms with Crippen LogP contribution in [0.3, 0.4) is 0 Å². The molecule has 0 aromatic heterocycles. The summed E-state index contributed by atoms with van der Waals surface area (Å²) in [6, 6.07) is 6.79. The normalized spacial score (nSPS) is 20.3. The summed E-state index contributed by atoms with van der Waals surface area (Å²) >= 11 is 3.27. The molecule has 2 rings (SSSR count). The fourth-order valence-corrected chi connectivity index (χ4v) is 2.41. The van der Waals surface area contributed by atoms with Crippen molar-refractivity contribution in [2.24, 2.45) is 0 Å². The molecule has 7 heteroatoms. The first-order valence-electron chi connectivity index (χ1n) is 5.81. The molecule has 6 nitrogen and oxygen atoms in total. The summed E-state index contributed by atoms with van der Waals surface area (Å²) < 4.78 is 10.4. The van der Waals surface area contributed by atoms with Gasteiger partial charge in [-0.25, -0.2) is 4.79 Å². The highest BCUT2D eigenvalue weighted by Crippen LogP contribution is 2.43. The highest BCUT2D eigenvalue weighted by Gasteiger charge is 2.54. The van der Waals surface area contributed by atoms with E-state index in [4.69, 9.17) is 4.74 Å². The molecule has 0 spiro atoms. The monoisotopic (exact) mass is 338 g/mol. The molecule has 1 aromatic carbocycles. The third kappa shape index (κ3) is 2.02. The number of likely N-dealkylation sites (N-methyl/N-ethyl adjacent to an activating group) is 1. The second kappa shape index (κ2) is 5.13. The van der Waals surface area contributed by atoms with Crippen LogP contribution in [0.5, 0.6) is 0 Å². The molecule has 0 bridgehead atoms. The van der Waals surface area contributed by atoms with Crippen LogP contribution in [0, 0.1) is 11.3 Å². The van der Waals surface area contributed by atoms with Gasteiger partial charge in [-0.2, -0.15) is 5.26 Å². The Balaban J connectivity index is 2.54. The van der Waals surface area contributed by atoms with Crippen molar-refractivity contribution < 1.29 is 19.1 Å². The zero-order valence-electron chi connectivity index (χ0n) is 10.8. The first kappa shape index (κ1) is 14.3. The second-order valence-electron chi connectivity index (χ2n) is 4.10. The number of rotatable bonds is 2. The van der Waals surface area contributed by atoms with Gasteiger partial charge in [0.05, 0.1) is 12.3 Å². The Hall–Kier alpha value is -2.07. The minimum atomic E-state index is -2.00. The van der Waals surface area contributed by atoms with Crippen molar-refractivity contribution in [2.45, 2.75) is 12.5 Å². The topological polar surface area (TPSA) is 79.6 Å². The van der Waals surface area contributed by atoms with E-state index in [1.165, 1.54) is 11.9 Å². The Morgan fingerprint density at radius 2 is 2.25 bits per heavy atom. The molecule has 0 radical (unpaired) electrons. The fraction of sp³-hybridized carbons (Fsp3) is 0.308. The standard InChI is InChI=1S/C13H11BrN2O4/c1-3-19-12(18)20-13(7-15)9-6-8(14)4-5-10(9)16(2)11(13)17/h4-6H,3H2,1-2H3. The average molecular weight is 339 g/mol. The van der Waals surface area contributed by atoms with E-state index in [0.717, 1.165) is 0 Å². The Kier molecular flexibility index (Phi) is 3.68. The van der Waals surface area contributed by atoms with E-state index >= 15 is 0 Å². The number of carbonyl (C=O) groups excluding carboxylic acids is 2. The van der Waals surface area contributed by atoms with Crippen molar-refractivity contribution in [1.82, 2.24) is 0 Å². The van der Waals surface area contributed by atoms with Gasteiger partial charge in [-0.15, -0.1) is 0 Å². The third-order valence-corrected chi connectivity index (χ3v) is 3.45. The Morgan fingerprint density at radius 3 is 2.85 bits per heavy atom. The molecule has 104 valence electrons. The number of benzene rings is 1. The summed E-state index contributed by atoms with van der Waals surface area (Å²) in [5, 5.41) is 9.41. The van der Waals surface area contributed by atoms with Crippen molar-refractivity contribution in [3.05, 3.63) is 28.2 Å². The van der Waals surface area contributed by atoms with Gasteiger partial charge >= 0.3 is 11.8 Å². The molecule has 1 aromatic rings. The molecule has 0 aliphatic carbocycles. The first-order chi connectivity index (χ1) is 9.46. The summed E-state index contributed by atoms with van der Waals surface area (Å²) in [5.74, 6) is -0.624. The van der Waals surface area contributed by atoms with Gasteiger partial charge in [0.15, 0.2) is 0 Å². The van der Waals surface area contributed by atoms with Gasteiger partial charge < -0.3 is 14.4 Å². The zero-order valence-corrected chi connectivity index (χ0v) is 12.4. The number of halogens is 1. The number of anilines is 1. The van der Waals surface area contributed by atoms with Crippen LogP contribution in [0.25, 0.3) is 0 Å². The summed E-state index contributed by atoms with van der Waals surface area (Å²) in [7, 11) is 1.52. The lowest BCUT2D eigenvalue weighted by molar-refractivity contribution is -0.133. The van der Waals surface area contributed by atoms with Crippen LogP contribution in [0.2, 0.25) is 0 Å². The van der Waals surface area contributed by atoms with Crippen molar-refractivity contribution in [2.75, 3.05) is 18.6 Å². The molecule has 20 heavy (non-hydrogen) atoms. The van der Waals surface area contributed by atoms with E-state index < -0.39 is 17.7 Å². The number of ether oxygens (including phenoxy) is 2. The lowest BCUT2D eigenvalue weighted by Crippen LogP contribution is -2.41. The number of nitrogens with zero attached hydrogens (tertiary/aromatic N) is 2. The molecule has 1 amide bonds. The number of fused-ring (bicyclic) bond motifs is 1. The molecule has 0 saturated carbocycles. The molecule has 0 fully saturated rings. The van der Waals surface area contributed by atoms with Gasteiger partial charge in [-0.3, -0.25) is 4.79 Å². The highest BCUT2D eigenvalue weighted by molar-refractivity contribution is 9.10. The van der Waals surface area contributed by atoms with E-state index in [2.05, 4.69) is 20.7 Å². The van der Waals surface area contributed by atoms with Crippen molar-refractivity contribution in [3.8, 4) is 6.07 Å². The van der Waals surface area contributed by atoms with Crippen LogP contribution in [0.1, 0.15) is 12.5 Å². The van der Waals surface area contributed by atoms with Gasteiger partial charge in [0, 0.05) is 17.1 Å². The SMILES string of the molecule is CCOC(=O)OC1(C#N)C(=O)N(C)c2ccc(Br)cc21. The predicted octanol–water partition coefficient (Wildman–Crippen LogP) is 2.32. The highest BCUT2D eigenvalue weighted by atomic mass is 79.9. The average Bonchev–Trinajstić information content (AvgIpc) is 2.61. The fourth-order valence-electron chi connectivity index (χ4n) is 2.05. The van der Waals surface area contributed by atoms with Crippen LogP contribution >= 0.6 is 15.9 Å². The lowest BCUT2D eigenvalue weighted by Gasteiger charge is -2.20. The van der Waals surface area contributed by atoms with E-state index in [9.17, 15) is 14.9 Å². The number of carbonyl (C=O) groups is 2. The summed E-state index contributed by atoms with van der Waals surface area (Å²) in [5.41, 5.74) is -1.17.